The molecule has 2 aromatic rings. The average molecular weight is 327 g/mol. The first kappa shape index (κ1) is 17.6. The monoisotopic (exact) mass is 327 g/mol. The second-order valence-electron chi connectivity index (χ2n) is 5.43. The van der Waals surface area contributed by atoms with Gasteiger partial charge in [0.15, 0.2) is 0 Å². The number of hydroxylamine groups is 1. The van der Waals surface area contributed by atoms with Crippen LogP contribution in [0.1, 0.15) is 22.3 Å². The van der Waals surface area contributed by atoms with Gasteiger partial charge in [-0.2, -0.15) is 5.06 Å². The molecule has 0 radical (unpaired) electrons. The Kier molecular flexibility index (Phi) is 5.60. The van der Waals surface area contributed by atoms with Gasteiger partial charge in [0.05, 0.1) is 12.8 Å². The molecule has 1 N–H and O–H groups in total. The maximum absolute atomic E-state index is 11.6. The predicted molar refractivity (Wildman–Crippen MR) is 93.5 cm³/mol. The Balaban J connectivity index is 2.29. The number of aryl methyl sites for hydroxylation is 2. The van der Waals surface area contributed by atoms with Gasteiger partial charge in [-0.05, 0) is 43.2 Å². The highest BCUT2D eigenvalue weighted by Crippen LogP contribution is 2.26. The quantitative estimate of drug-likeness (QED) is 0.649. The van der Waals surface area contributed by atoms with E-state index in [1.807, 2.05) is 32.0 Å². The third kappa shape index (κ3) is 3.94. The molecule has 126 valence electrons. The minimum absolute atomic E-state index is 0.189. The van der Waals surface area contributed by atoms with Crippen LogP contribution in [0.5, 0.6) is 5.75 Å². The van der Waals surface area contributed by atoms with Crippen LogP contribution in [0.25, 0.3) is 6.08 Å². The normalized spacial score (nSPS) is 10.2. The van der Waals surface area contributed by atoms with E-state index in [0.29, 0.717) is 16.3 Å². The minimum Gasteiger partial charge on any atom is -0.489 e. The van der Waals surface area contributed by atoms with Crippen LogP contribution in [-0.2, 0) is 11.3 Å². The van der Waals surface area contributed by atoms with E-state index in [-0.39, 0.29) is 6.61 Å². The van der Waals surface area contributed by atoms with E-state index >= 15 is 0 Å². The number of hydrogen-bond acceptors (Lipinski definition) is 4. The summed E-state index contributed by atoms with van der Waals surface area (Å²) >= 11 is 0. The SMILES string of the molecule is C=Cc1ccc(N(O)C(=O)OC)c(COc2ccc(C)cc2C)c1. The zero-order chi connectivity index (χ0) is 17.7. The zero-order valence-corrected chi connectivity index (χ0v) is 14.1. The third-order valence-electron chi connectivity index (χ3n) is 3.63. The molecule has 0 fully saturated rings. The maximum Gasteiger partial charge on any atom is 0.438 e. The number of amides is 1. The number of benzene rings is 2. The van der Waals surface area contributed by atoms with Crippen molar-refractivity contribution in [1.82, 2.24) is 0 Å². The molecule has 0 aliphatic rings. The average Bonchev–Trinajstić information content (AvgIpc) is 2.59. The molecule has 0 atom stereocenters. The Morgan fingerprint density at radius 2 is 2.00 bits per heavy atom. The molecule has 0 heterocycles. The van der Waals surface area contributed by atoms with Crippen LogP contribution in [0, 0.1) is 13.8 Å². The number of carbonyl (C=O) groups excluding carboxylic acids is 1. The number of hydrogen-bond donors (Lipinski definition) is 1. The lowest BCUT2D eigenvalue weighted by molar-refractivity contribution is 0.140. The van der Waals surface area contributed by atoms with Crippen molar-refractivity contribution in [2.24, 2.45) is 0 Å². The van der Waals surface area contributed by atoms with E-state index in [1.165, 1.54) is 7.11 Å². The van der Waals surface area contributed by atoms with Crippen molar-refractivity contribution in [3.8, 4) is 5.75 Å². The third-order valence-corrected chi connectivity index (χ3v) is 3.63. The molecule has 0 aromatic heterocycles. The fourth-order valence-corrected chi connectivity index (χ4v) is 2.36. The fraction of sp³-hybridized carbons (Fsp3) is 0.211. The molecule has 0 saturated carbocycles. The van der Waals surface area contributed by atoms with E-state index in [9.17, 15) is 10.0 Å². The van der Waals surface area contributed by atoms with Crippen molar-refractivity contribution in [2.75, 3.05) is 12.2 Å². The molecular formula is C19H21NO4. The Morgan fingerprint density at radius 1 is 1.25 bits per heavy atom. The number of nitrogens with zero attached hydrogens (tertiary/aromatic N) is 1. The van der Waals surface area contributed by atoms with Gasteiger partial charge in [0.1, 0.15) is 12.4 Å². The van der Waals surface area contributed by atoms with E-state index in [0.717, 1.165) is 22.4 Å². The Hall–Kier alpha value is -2.79. The van der Waals surface area contributed by atoms with E-state index in [4.69, 9.17) is 4.74 Å². The van der Waals surface area contributed by atoms with Gasteiger partial charge in [0.2, 0.25) is 0 Å². The van der Waals surface area contributed by atoms with E-state index in [2.05, 4.69) is 11.3 Å². The van der Waals surface area contributed by atoms with Crippen molar-refractivity contribution in [2.45, 2.75) is 20.5 Å². The summed E-state index contributed by atoms with van der Waals surface area (Å²) in [6, 6.07) is 11.1. The van der Waals surface area contributed by atoms with Gasteiger partial charge >= 0.3 is 6.09 Å². The Labute approximate surface area is 141 Å². The summed E-state index contributed by atoms with van der Waals surface area (Å²) in [5, 5.41) is 10.5. The molecule has 0 saturated heterocycles. The topological polar surface area (TPSA) is 59.0 Å². The largest absolute Gasteiger partial charge is 0.489 e. The van der Waals surface area contributed by atoms with Crippen LogP contribution < -0.4 is 9.80 Å². The Morgan fingerprint density at radius 3 is 2.62 bits per heavy atom. The molecule has 0 bridgehead atoms. The highest BCUT2D eigenvalue weighted by molar-refractivity contribution is 5.86. The van der Waals surface area contributed by atoms with E-state index < -0.39 is 6.09 Å². The van der Waals surface area contributed by atoms with Gasteiger partial charge in [-0.15, -0.1) is 0 Å². The summed E-state index contributed by atoms with van der Waals surface area (Å²) in [6.45, 7) is 7.91. The molecule has 0 spiro atoms. The summed E-state index contributed by atoms with van der Waals surface area (Å²) < 4.78 is 10.4. The van der Waals surface area contributed by atoms with Crippen LogP contribution in [0.15, 0.2) is 43.0 Å². The molecule has 0 aliphatic heterocycles. The fourth-order valence-electron chi connectivity index (χ4n) is 2.36. The van der Waals surface area contributed by atoms with Crippen LogP contribution in [0.3, 0.4) is 0 Å². The van der Waals surface area contributed by atoms with Crippen molar-refractivity contribution in [1.29, 1.82) is 0 Å². The number of rotatable bonds is 5. The lowest BCUT2D eigenvalue weighted by Crippen LogP contribution is -2.28. The molecule has 5 nitrogen and oxygen atoms in total. The standard InChI is InChI=1S/C19H21NO4/c1-5-15-7-8-17(20(22)19(21)23-4)16(11-15)12-24-18-9-6-13(2)10-14(18)3/h5-11,22H,1,12H2,2-4H3. The molecule has 2 rings (SSSR count). The summed E-state index contributed by atoms with van der Waals surface area (Å²) in [5.74, 6) is 0.748. The molecule has 0 unspecified atom stereocenters. The van der Waals surface area contributed by atoms with Gasteiger partial charge < -0.3 is 9.47 Å². The molecule has 5 heteroatoms. The van der Waals surface area contributed by atoms with Crippen molar-refractivity contribution < 1.29 is 19.5 Å². The highest BCUT2D eigenvalue weighted by atomic mass is 16.6. The predicted octanol–water partition coefficient (Wildman–Crippen LogP) is 4.49. The summed E-state index contributed by atoms with van der Waals surface area (Å²) in [6.07, 6.45) is 0.818. The van der Waals surface area contributed by atoms with Gasteiger partial charge in [0.25, 0.3) is 0 Å². The molecule has 1 amide bonds. The number of carbonyl (C=O) groups is 1. The van der Waals surface area contributed by atoms with Crippen LogP contribution >= 0.6 is 0 Å². The first-order valence-corrected chi connectivity index (χ1v) is 7.48. The van der Waals surface area contributed by atoms with Crippen molar-refractivity contribution >= 4 is 17.9 Å². The van der Waals surface area contributed by atoms with Crippen LogP contribution in [-0.4, -0.2) is 18.4 Å². The highest BCUT2D eigenvalue weighted by Gasteiger charge is 2.18. The number of methoxy groups -OCH3 is 1. The van der Waals surface area contributed by atoms with Crippen LogP contribution in [0.4, 0.5) is 10.5 Å². The first-order chi connectivity index (χ1) is 11.5. The zero-order valence-electron chi connectivity index (χ0n) is 14.1. The van der Waals surface area contributed by atoms with Gasteiger partial charge in [-0.25, -0.2) is 4.79 Å². The van der Waals surface area contributed by atoms with Crippen molar-refractivity contribution in [3.63, 3.8) is 0 Å². The van der Waals surface area contributed by atoms with Gasteiger partial charge in [0, 0.05) is 5.56 Å². The van der Waals surface area contributed by atoms with Crippen molar-refractivity contribution in [3.05, 3.63) is 65.2 Å². The smallest absolute Gasteiger partial charge is 0.438 e. The molecular weight excluding hydrogens is 306 g/mol. The van der Waals surface area contributed by atoms with E-state index in [1.54, 1.807) is 24.3 Å². The summed E-state index contributed by atoms with van der Waals surface area (Å²) in [5.41, 5.74) is 3.97. The Bertz CT molecular complexity index is 755. The lowest BCUT2D eigenvalue weighted by Gasteiger charge is -2.18. The second-order valence-corrected chi connectivity index (χ2v) is 5.43. The molecule has 2 aromatic carbocycles. The number of ether oxygens (including phenoxy) is 2. The van der Waals surface area contributed by atoms with Gasteiger partial charge in [-0.3, -0.25) is 5.21 Å². The molecule has 24 heavy (non-hydrogen) atoms. The lowest BCUT2D eigenvalue weighted by atomic mass is 10.1. The number of anilines is 1. The maximum atomic E-state index is 11.6. The summed E-state index contributed by atoms with van der Waals surface area (Å²) in [4.78, 5) is 11.6. The molecule has 0 aliphatic carbocycles. The minimum atomic E-state index is -0.867. The van der Waals surface area contributed by atoms with Gasteiger partial charge in [-0.1, -0.05) is 36.4 Å². The summed E-state index contributed by atoms with van der Waals surface area (Å²) in [7, 11) is 1.20. The van der Waals surface area contributed by atoms with Crippen LogP contribution in [0.2, 0.25) is 0 Å². The second kappa shape index (κ2) is 7.66. The first-order valence-electron chi connectivity index (χ1n) is 7.48.